The van der Waals surface area contributed by atoms with Crippen LogP contribution in [0.4, 0.5) is 0 Å². The topological polar surface area (TPSA) is 74.2 Å². The summed E-state index contributed by atoms with van der Waals surface area (Å²) in [5, 5.41) is -0.230. The molecular formula is C8H9Cl2N3O3. The van der Waals surface area contributed by atoms with Crippen molar-refractivity contribution in [3.8, 4) is 6.01 Å². The number of carbonyl (C=O) groups excluding carboxylic acids is 1. The second-order valence-electron chi connectivity index (χ2n) is 3.26. The van der Waals surface area contributed by atoms with Crippen molar-refractivity contribution in [2.45, 2.75) is 19.4 Å². The van der Waals surface area contributed by atoms with Crippen LogP contribution in [0.25, 0.3) is 0 Å². The molecule has 0 atom stereocenters. The monoisotopic (exact) mass is 265 g/mol. The Morgan fingerprint density at radius 2 is 1.69 bits per heavy atom. The largest absolute Gasteiger partial charge is 0.466 e. The lowest BCUT2D eigenvalue weighted by Crippen LogP contribution is -2.39. The molecule has 1 aromatic heterocycles. The van der Waals surface area contributed by atoms with Crippen molar-refractivity contribution in [2.24, 2.45) is 0 Å². The molecule has 8 heteroatoms. The van der Waals surface area contributed by atoms with Crippen LogP contribution in [-0.2, 0) is 9.53 Å². The van der Waals surface area contributed by atoms with E-state index in [0.717, 1.165) is 0 Å². The summed E-state index contributed by atoms with van der Waals surface area (Å²) < 4.78 is 9.76. The molecule has 0 radical (unpaired) electrons. The Hall–Kier alpha value is -1.14. The number of ether oxygens (including phenoxy) is 2. The van der Waals surface area contributed by atoms with Gasteiger partial charge in [0, 0.05) is 0 Å². The summed E-state index contributed by atoms with van der Waals surface area (Å²) in [6.07, 6.45) is 0. The van der Waals surface area contributed by atoms with Gasteiger partial charge >= 0.3 is 12.0 Å². The summed E-state index contributed by atoms with van der Waals surface area (Å²) in [5.41, 5.74) is -1.23. The standard InChI is InChI=1S/C8H9Cl2N3O3/c1-8(2,4(14)15-3)16-7-12-5(9)11-6(10)13-7/h1-3H3. The number of halogens is 2. The van der Waals surface area contributed by atoms with E-state index >= 15 is 0 Å². The highest BCUT2D eigenvalue weighted by atomic mass is 35.5. The van der Waals surface area contributed by atoms with E-state index in [0.29, 0.717) is 0 Å². The van der Waals surface area contributed by atoms with Crippen LogP contribution in [0.2, 0.25) is 10.6 Å². The molecule has 0 fully saturated rings. The molecule has 0 amide bonds. The SMILES string of the molecule is COC(=O)C(C)(C)Oc1nc(Cl)nc(Cl)n1. The maximum atomic E-state index is 11.3. The van der Waals surface area contributed by atoms with Gasteiger partial charge in [-0.15, -0.1) is 0 Å². The summed E-state index contributed by atoms with van der Waals surface area (Å²) in [5.74, 6) is -0.569. The highest BCUT2D eigenvalue weighted by molar-refractivity contribution is 6.31. The fourth-order valence-electron chi connectivity index (χ4n) is 0.870. The zero-order valence-corrected chi connectivity index (χ0v) is 10.3. The number of esters is 1. The van der Waals surface area contributed by atoms with Gasteiger partial charge in [0.15, 0.2) is 0 Å². The highest BCUT2D eigenvalue weighted by Gasteiger charge is 2.32. The Morgan fingerprint density at radius 1 is 1.19 bits per heavy atom. The molecule has 0 aliphatic carbocycles. The average molecular weight is 266 g/mol. The van der Waals surface area contributed by atoms with Gasteiger partial charge in [0.25, 0.3) is 0 Å². The first-order valence-electron chi connectivity index (χ1n) is 4.19. The van der Waals surface area contributed by atoms with Crippen LogP contribution in [0, 0.1) is 0 Å². The lowest BCUT2D eigenvalue weighted by molar-refractivity contribution is -0.156. The third kappa shape index (κ3) is 3.18. The van der Waals surface area contributed by atoms with E-state index in [-0.39, 0.29) is 16.6 Å². The quantitative estimate of drug-likeness (QED) is 0.772. The normalized spacial score (nSPS) is 11.1. The van der Waals surface area contributed by atoms with Gasteiger partial charge in [0.1, 0.15) is 0 Å². The van der Waals surface area contributed by atoms with Gasteiger partial charge in [-0.25, -0.2) is 4.79 Å². The van der Waals surface area contributed by atoms with Gasteiger partial charge < -0.3 is 9.47 Å². The molecule has 0 aliphatic heterocycles. The van der Waals surface area contributed by atoms with Crippen LogP contribution in [-0.4, -0.2) is 33.6 Å². The van der Waals surface area contributed by atoms with E-state index in [2.05, 4.69) is 19.7 Å². The minimum atomic E-state index is -1.23. The van der Waals surface area contributed by atoms with Gasteiger partial charge in [0.05, 0.1) is 7.11 Å². The molecule has 0 saturated carbocycles. The summed E-state index contributed by atoms with van der Waals surface area (Å²) in [7, 11) is 1.25. The fraction of sp³-hybridized carbons (Fsp3) is 0.500. The average Bonchev–Trinajstić information content (AvgIpc) is 2.13. The third-order valence-corrected chi connectivity index (χ3v) is 1.92. The van der Waals surface area contributed by atoms with Gasteiger partial charge in [-0.05, 0) is 37.0 Å². The molecule has 0 aliphatic rings. The number of methoxy groups -OCH3 is 1. The zero-order valence-electron chi connectivity index (χ0n) is 8.82. The van der Waals surface area contributed by atoms with Gasteiger partial charge in [-0.3, -0.25) is 0 Å². The van der Waals surface area contributed by atoms with E-state index in [1.54, 1.807) is 0 Å². The lowest BCUT2D eigenvalue weighted by Gasteiger charge is -2.21. The third-order valence-electron chi connectivity index (χ3n) is 1.58. The van der Waals surface area contributed by atoms with Crippen molar-refractivity contribution >= 4 is 29.2 Å². The first kappa shape index (κ1) is 12.9. The summed E-state index contributed by atoms with van der Waals surface area (Å²) in [4.78, 5) is 22.2. The van der Waals surface area contributed by atoms with Gasteiger partial charge in [-0.1, -0.05) is 0 Å². The Labute approximate surface area is 102 Å². The van der Waals surface area contributed by atoms with Crippen LogP contribution in [0.3, 0.4) is 0 Å². The Kier molecular flexibility index (Phi) is 3.88. The molecule has 0 N–H and O–H groups in total. The van der Waals surface area contributed by atoms with Crippen LogP contribution in [0.1, 0.15) is 13.8 Å². The Morgan fingerprint density at radius 3 is 2.12 bits per heavy atom. The van der Waals surface area contributed by atoms with Crippen LogP contribution < -0.4 is 4.74 Å². The predicted molar refractivity (Wildman–Crippen MR) is 56.6 cm³/mol. The van der Waals surface area contributed by atoms with Crippen molar-refractivity contribution in [3.63, 3.8) is 0 Å². The fourth-order valence-corrected chi connectivity index (χ4v) is 1.22. The summed E-state index contributed by atoms with van der Waals surface area (Å²) >= 11 is 11.1. The number of hydrogen-bond donors (Lipinski definition) is 0. The first-order valence-corrected chi connectivity index (χ1v) is 4.95. The number of carbonyl (C=O) groups is 1. The molecular weight excluding hydrogens is 257 g/mol. The van der Waals surface area contributed by atoms with Crippen molar-refractivity contribution in [1.29, 1.82) is 0 Å². The lowest BCUT2D eigenvalue weighted by atomic mass is 10.1. The van der Waals surface area contributed by atoms with Crippen molar-refractivity contribution in [3.05, 3.63) is 10.6 Å². The number of hydrogen-bond acceptors (Lipinski definition) is 6. The minimum Gasteiger partial charge on any atom is -0.466 e. The highest BCUT2D eigenvalue weighted by Crippen LogP contribution is 2.18. The van der Waals surface area contributed by atoms with Crippen molar-refractivity contribution in [1.82, 2.24) is 15.0 Å². The molecule has 0 unspecified atom stereocenters. The molecule has 0 bridgehead atoms. The minimum absolute atomic E-state index is 0.115. The maximum absolute atomic E-state index is 11.3. The molecule has 0 saturated heterocycles. The molecule has 6 nitrogen and oxygen atoms in total. The number of rotatable bonds is 3. The first-order chi connectivity index (χ1) is 7.35. The predicted octanol–water partition coefficient (Wildman–Crippen LogP) is 1.51. The van der Waals surface area contributed by atoms with E-state index < -0.39 is 11.6 Å². The number of aromatic nitrogens is 3. The van der Waals surface area contributed by atoms with Crippen molar-refractivity contribution in [2.75, 3.05) is 7.11 Å². The maximum Gasteiger partial charge on any atom is 0.349 e. The Bertz CT molecular complexity index is 391. The number of nitrogens with zero attached hydrogens (tertiary/aromatic N) is 3. The molecule has 1 aromatic rings. The second kappa shape index (κ2) is 4.80. The van der Waals surface area contributed by atoms with Gasteiger partial charge in [0.2, 0.25) is 16.2 Å². The summed E-state index contributed by atoms with van der Waals surface area (Å²) in [6, 6.07) is -0.139. The smallest absolute Gasteiger partial charge is 0.349 e. The zero-order chi connectivity index (χ0) is 12.3. The van der Waals surface area contributed by atoms with Crippen LogP contribution in [0.15, 0.2) is 0 Å². The summed E-state index contributed by atoms with van der Waals surface area (Å²) in [6.45, 7) is 3.01. The molecule has 88 valence electrons. The van der Waals surface area contributed by atoms with Crippen LogP contribution >= 0.6 is 23.2 Å². The second-order valence-corrected chi connectivity index (χ2v) is 3.94. The van der Waals surface area contributed by atoms with E-state index in [1.807, 2.05) is 0 Å². The Balaban J connectivity index is 2.91. The molecule has 0 aromatic carbocycles. The van der Waals surface area contributed by atoms with Crippen LogP contribution in [0.5, 0.6) is 6.01 Å². The molecule has 0 spiro atoms. The van der Waals surface area contributed by atoms with E-state index in [4.69, 9.17) is 27.9 Å². The molecule has 1 heterocycles. The molecule has 16 heavy (non-hydrogen) atoms. The van der Waals surface area contributed by atoms with Crippen molar-refractivity contribution < 1.29 is 14.3 Å². The van der Waals surface area contributed by atoms with Gasteiger partial charge in [-0.2, -0.15) is 15.0 Å². The van der Waals surface area contributed by atoms with E-state index in [9.17, 15) is 4.79 Å². The molecule has 1 rings (SSSR count). The van der Waals surface area contributed by atoms with E-state index in [1.165, 1.54) is 21.0 Å².